The maximum absolute atomic E-state index is 13.1. The fraction of sp³-hybridized carbons (Fsp3) is 0.231. The van der Waals surface area contributed by atoms with E-state index in [0.717, 1.165) is 21.9 Å². The molecular formula is C26H25N3O6. The van der Waals surface area contributed by atoms with Gasteiger partial charge in [0, 0.05) is 13.3 Å². The van der Waals surface area contributed by atoms with Crippen molar-refractivity contribution in [3.8, 4) is 0 Å². The lowest BCUT2D eigenvalue weighted by Crippen LogP contribution is -2.71. The van der Waals surface area contributed by atoms with E-state index in [4.69, 9.17) is 9.47 Å². The smallest absolute Gasteiger partial charge is 0.408 e. The molecule has 1 fully saturated rings. The number of hydrogen-bond donors (Lipinski definition) is 3. The topological polar surface area (TPSA) is 123 Å². The van der Waals surface area contributed by atoms with Crippen molar-refractivity contribution in [2.24, 2.45) is 0 Å². The highest BCUT2D eigenvalue weighted by Crippen LogP contribution is 2.17. The van der Waals surface area contributed by atoms with Gasteiger partial charge in [-0.2, -0.15) is 0 Å². The summed E-state index contributed by atoms with van der Waals surface area (Å²) in [6, 6.07) is 20.6. The van der Waals surface area contributed by atoms with Crippen LogP contribution in [-0.4, -0.2) is 42.2 Å². The number of ether oxygens (including phenoxy) is 2. The normalized spacial score (nSPS) is 17.5. The van der Waals surface area contributed by atoms with Crippen LogP contribution in [0.25, 0.3) is 10.8 Å². The summed E-state index contributed by atoms with van der Waals surface area (Å²) in [7, 11) is 0. The van der Waals surface area contributed by atoms with Crippen LogP contribution in [-0.2, 0) is 36.9 Å². The summed E-state index contributed by atoms with van der Waals surface area (Å²) in [6.45, 7) is 1.24. The Hall–Kier alpha value is -4.40. The second-order valence-electron chi connectivity index (χ2n) is 8.17. The van der Waals surface area contributed by atoms with Gasteiger partial charge >= 0.3 is 12.1 Å². The number of alkyl carbamates (subject to hydrolysis) is 1. The molecule has 0 aromatic heterocycles. The Kier molecular flexibility index (Phi) is 7.25. The third kappa shape index (κ3) is 6.14. The molecule has 3 aromatic rings. The largest absolute Gasteiger partial charge is 0.445 e. The predicted octanol–water partition coefficient (Wildman–Crippen LogP) is 2.18. The summed E-state index contributed by atoms with van der Waals surface area (Å²) < 4.78 is 10.3. The fourth-order valence-electron chi connectivity index (χ4n) is 3.74. The molecule has 3 N–H and O–H groups in total. The van der Waals surface area contributed by atoms with Gasteiger partial charge in [-0.25, -0.2) is 4.79 Å². The number of benzene rings is 3. The van der Waals surface area contributed by atoms with Crippen LogP contribution in [0, 0.1) is 0 Å². The third-order valence-corrected chi connectivity index (χ3v) is 5.54. The van der Waals surface area contributed by atoms with E-state index >= 15 is 0 Å². The van der Waals surface area contributed by atoms with Crippen LogP contribution in [0.5, 0.6) is 0 Å². The molecule has 9 nitrogen and oxygen atoms in total. The van der Waals surface area contributed by atoms with Gasteiger partial charge in [-0.15, -0.1) is 0 Å². The number of carbonyl (C=O) groups excluding carboxylic acids is 4. The molecule has 9 heteroatoms. The van der Waals surface area contributed by atoms with Crippen LogP contribution in [0.4, 0.5) is 4.79 Å². The summed E-state index contributed by atoms with van der Waals surface area (Å²) in [5.74, 6) is -1.68. The molecule has 0 saturated carbocycles. The van der Waals surface area contributed by atoms with Crippen LogP contribution in [0.3, 0.4) is 0 Å². The number of β-lactam (4-membered cyclic amide) rings is 1. The van der Waals surface area contributed by atoms with Crippen molar-refractivity contribution in [2.75, 3.05) is 0 Å². The van der Waals surface area contributed by atoms with Crippen molar-refractivity contribution in [1.29, 1.82) is 0 Å². The minimum atomic E-state index is -1.05. The summed E-state index contributed by atoms with van der Waals surface area (Å²) in [5.41, 5.74) is 1.61. The fourth-order valence-corrected chi connectivity index (χ4v) is 3.74. The van der Waals surface area contributed by atoms with Gasteiger partial charge in [-0.3, -0.25) is 14.4 Å². The van der Waals surface area contributed by atoms with Crippen LogP contribution in [0.15, 0.2) is 72.8 Å². The lowest BCUT2D eigenvalue weighted by atomic mass is 10.0. The van der Waals surface area contributed by atoms with Crippen LogP contribution in [0.1, 0.15) is 18.1 Å². The standard InChI is InChI=1S/C26H25N3O6/c1-16(30)35-25-22(24(32)29-25)28-23(31)21(27-26(33)34-15-17-7-3-2-4-8-17)14-18-11-12-19-9-5-6-10-20(19)13-18/h2-13,21-22,25H,14-15H2,1H3,(H,27,33)(H,28,31)(H,29,32)/t21-,22+,25-/m0/s1. The monoisotopic (exact) mass is 475 g/mol. The van der Waals surface area contributed by atoms with Gasteiger partial charge in [-0.05, 0) is 21.9 Å². The number of nitrogens with one attached hydrogen (secondary N) is 3. The Labute approximate surface area is 201 Å². The molecule has 0 aliphatic carbocycles. The van der Waals surface area contributed by atoms with Gasteiger partial charge < -0.3 is 25.4 Å². The van der Waals surface area contributed by atoms with Gasteiger partial charge in [0.15, 0.2) is 6.04 Å². The lowest BCUT2D eigenvalue weighted by molar-refractivity contribution is -0.164. The minimum absolute atomic E-state index is 0.0382. The van der Waals surface area contributed by atoms with Gasteiger partial charge in [-0.1, -0.05) is 72.8 Å². The molecule has 1 heterocycles. The first kappa shape index (κ1) is 23.7. The van der Waals surface area contributed by atoms with E-state index in [1.54, 1.807) is 0 Å². The average molecular weight is 476 g/mol. The van der Waals surface area contributed by atoms with E-state index < -0.39 is 42.2 Å². The first-order valence-corrected chi connectivity index (χ1v) is 11.1. The molecule has 0 bridgehead atoms. The first-order valence-electron chi connectivity index (χ1n) is 11.1. The molecule has 0 radical (unpaired) electrons. The quantitative estimate of drug-likeness (QED) is 0.339. The zero-order valence-electron chi connectivity index (χ0n) is 19.0. The molecule has 3 aromatic carbocycles. The predicted molar refractivity (Wildman–Crippen MR) is 127 cm³/mol. The Morgan fingerprint density at radius 1 is 0.943 bits per heavy atom. The first-order chi connectivity index (χ1) is 16.9. The number of rotatable bonds is 8. The molecular weight excluding hydrogens is 450 g/mol. The molecule has 0 spiro atoms. The molecule has 1 aliphatic heterocycles. The van der Waals surface area contributed by atoms with Crippen LogP contribution >= 0.6 is 0 Å². The number of esters is 1. The molecule has 1 aliphatic rings. The Balaban J connectivity index is 1.47. The molecule has 1 saturated heterocycles. The second-order valence-corrected chi connectivity index (χ2v) is 8.17. The summed E-state index contributed by atoms with van der Waals surface area (Å²) >= 11 is 0. The SMILES string of the molecule is CC(=O)O[C@@H]1NC(=O)[C@H]1NC(=O)[C@H](Cc1ccc2ccccc2c1)NC(=O)OCc1ccccc1. The van der Waals surface area contributed by atoms with Crippen molar-refractivity contribution in [1.82, 2.24) is 16.0 Å². The van der Waals surface area contributed by atoms with Crippen molar-refractivity contribution in [2.45, 2.75) is 38.3 Å². The molecule has 3 atom stereocenters. The Morgan fingerprint density at radius 3 is 2.37 bits per heavy atom. The van der Waals surface area contributed by atoms with Gasteiger partial charge in [0.05, 0.1) is 0 Å². The maximum Gasteiger partial charge on any atom is 0.408 e. The van der Waals surface area contributed by atoms with E-state index in [9.17, 15) is 19.2 Å². The van der Waals surface area contributed by atoms with E-state index in [1.807, 2.05) is 72.8 Å². The molecule has 4 rings (SSSR count). The minimum Gasteiger partial charge on any atom is -0.445 e. The zero-order valence-corrected chi connectivity index (χ0v) is 19.0. The third-order valence-electron chi connectivity index (χ3n) is 5.54. The van der Waals surface area contributed by atoms with Gasteiger partial charge in [0.25, 0.3) is 5.91 Å². The van der Waals surface area contributed by atoms with E-state index in [-0.39, 0.29) is 13.0 Å². The zero-order chi connectivity index (χ0) is 24.8. The summed E-state index contributed by atoms with van der Waals surface area (Å²) in [6.07, 6.45) is -1.58. The van der Waals surface area contributed by atoms with Crippen molar-refractivity contribution >= 4 is 34.6 Å². The van der Waals surface area contributed by atoms with E-state index in [0.29, 0.717) is 0 Å². The van der Waals surface area contributed by atoms with E-state index in [1.165, 1.54) is 6.92 Å². The summed E-state index contributed by atoms with van der Waals surface area (Å²) in [5, 5.41) is 9.60. The van der Waals surface area contributed by atoms with E-state index in [2.05, 4.69) is 16.0 Å². The highest BCUT2D eigenvalue weighted by Gasteiger charge is 2.44. The Morgan fingerprint density at radius 2 is 1.66 bits per heavy atom. The van der Waals surface area contributed by atoms with Crippen molar-refractivity contribution < 1.29 is 28.7 Å². The highest BCUT2D eigenvalue weighted by atomic mass is 16.6. The average Bonchev–Trinajstić information content (AvgIpc) is 2.85. The molecule has 180 valence electrons. The summed E-state index contributed by atoms with van der Waals surface area (Å²) in [4.78, 5) is 48.8. The number of carbonyl (C=O) groups is 4. The number of fused-ring (bicyclic) bond motifs is 1. The van der Waals surface area contributed by atoms with Gasteiger partial charge in [0.2, 0.25) is 12.1 Å². The highest BCUT2D eigenvalue weighted by molar-refractivity contribution is 5.95. The number of amides is 3. The lowest BCUT2D eigenvalue weighted by Gasteiger charge is -2.36. The molecule has 0 unspecified atom stereocenters. The van der Waals surface area contributed by atoms with Crippen molar-refractivity contribution in [3.63, 3.8) is 0 Å². The molecule has 35 heavy (non-hydrogen) atoms. The van der Waals surface area contributed by atoms with Crippen LogP contribution in [0.2, 0.25) is 0 Å². The van der Waals surface area contributed by atoms with Gasteiger partial charge in [0.1, 0.15) is 12.6 Å². The molecule has 3 amide bonds. The maximum atomic E-state index is 13.1. The van der Waals surface area contributed by atoms with Crippen LogP contribution < -0.4 is 16.0 Å². The second kappa shape index (κ2) is 10.7. The van der Waals surface area contributed by atoms with Crippen molar-refractivity contribution in [3.05, 3.63) is 83.9 Å². The Bertz CT molecular complexity index is 1250. The number of hydrogen-bond acceptors (Lipinski definition) is 6.